The van der Waals surface area contributed by atoms with Gasteiger partial charge in [0.25, 0.3) is 0 Å². The van der Waals surface area contributed by atoms with E-state index in [0.717, 1.165) is 36.4 Å². The van der Waals surface area contributed by atoms with E-state index in [1.54, 1.807) is 11.3 Å². The van der Waals surface area contributed by atoms with E-state index in [9.17, 15) is 4.79 Å². The molecule has 0 unspecified atom stereocenters. The third kappa shape index (κ3) is 2.98. The van der Waals surface area contributed by atoms with Gasteiger partial charge in [0.05, 0.1) is 17.1 Å². The van der Waals surface area contributed by atoms with Gasteiger partial charge >= 0.3 is 0 Å². The highest BCUT2D eigenvalue weighted by Crippen LogP contribution is 2.36. The average molecular weight is 266 g/mol. The van der Waals surface area contributed by atoms with Crippen LogP contribution >= 0.6 is 11.3 Å². The number of Topliss-reactive ketones (excluding diaryl/α,β-unsaturated/α-hetero) is 1. The Bertz CT molecular complexity index is 406. The van der Waals surface area contributed by atoms with Crippen molar-refractivity contribution in [1.82, 2.24) is 4.98 Å². The van der Waals surface area contributed by atoms with E-state index >= 15 is 0 Å². The molecule has 1 aliphatic carbocycles. The van der Waals surface area contributed by atoms with Crippen LogP contribution in [0.3, 0.4) is 0 Å². The second-order valence-electron chi connectivity index (χ2n) is 5.36. The average Bonchev–Trinajstić information content (AvgIpc) is 2.65. The summed E-state index contributed by atoms with van der Waals surface area (Å²) in [5.41, 5.74) is 6.58. The van der Waals surface area contributed by atoms with Crippen molar-refractivity contribution < 1.29 is 4.79 Å². The van der Waals surface area contributed by atoms with Crippen molar-refractivity contribution in [2.75, 3.05) is 6.54 Å². The molecule has 0 bridgehead atoms. The molecule has 3 nitrogen and oxygen atoms in total. The van der Waals surface area contributed by atoms with Gasteiger partial charge in [-0.05, 0) is 19.8 Å². The van der Waals surface area contributed by atoms with Crippen LogP contribution in [0.25, 0.3) is 0 Å². The van der Waals surface area contributed by atoms with Crippen LogP contribution in [0.4, 0.5) is 0 Å². The molecule has 1 heterocycles. The Kier molecular flexibility index (Phi) is 4.51. The van der Waals surface area contributed by atoms with Crippen molar-refractivity contribution in [3.05, 3.63) is 16.1 Å². The van der Waals surface area contributed by atoms with Crippen molar-refractivity contribution in [2.45, 2.75) is 51.9 Å². The number of nitrogens with zero attached hydrogens (tertiary/aromatic N) is 1. The van der Waals surface area contributed by atoms with Crippen LogP contribution in [-0.4, -0.2) is 17.3 Å². The number of carbonyl (C=O) groups is 1. The lowest BCUT2D eigenvalue weighted by molar-refractivity contribution is -0.128. The standard InChI is InChI=1S/C14H22N2OS/c1-11-16-12(9-18-11)8-13(17)14(10-15)6-4-2-3-5-7-14/h9H,2-8,10,15H2,1H3. The van der Waals surface area contributed by atoms with E-state index < -0.39 is 0 Å². The summed E-state index contributed by atoms with van der Waals surface area (Å²) >= 11 is 1.61. The first kappa shape index (κ1) is 13.7. The second-order valence-corrected chi connectivity index (χ2v) is 6.42. The molecule has 2 rings (SSSR count). The van der Waals surface area contributed by atoms with Gasteiger partial charge in [-0.2, -0.15) is 0 Å². The number of ketones is 1. The summed E-state index contributed by atoms with van der Waals surface area (Å²) in [7, 11) is 0. The molecular formula is C14H22N2OS. The van der Waals surface area contributed by atoms with Gasteiger partial charge in [0.1, 0.15) is 5.78 Å². The van der Waals surface area contributed by atoms with Crippen molar-refractivity contribution >= 4 is 17.1 Å². The smallest absolute Gasteiger partial charge is 0.146 e. The molecule has 0 radical (unpaired) electrons. The fourth-order valence-electron chi connectivity index (χ4n) is 2.84. The molecule has 1 aromatic heterocycles. The molecule has 0 aromatic carbocycles. The lowest BCUT2D eigenvalue weighted by atomic mass is 9.75. The largest absolute Gasteiger partial charge is 0.329 e. The minimum atomic E-state index is -0.270. The minimum Gasteiger partial charge on any atom is -0.329 e. The summed E-state index contributed by atoms with van der Waals surface area (Å²) in [4.78, 5) is 17.0. The first-order valence-electron chi connectivity index (χ1n) is 6.81. The Morgan fingerprint density at radius 3 is 2.56 bits per heavy atom. The third-order valence-electron chi connectivity index (χ3n) is 4.05. The maximum Gasteiger partial charge on any atom is 0.146 e. The van der Waals surface area contributed by atoms with Gasteiger partial charge in [-0.15, -0.1) is 11.3 Å². The highest BCUT2D eigenvalue weighted by molar-refractivity contribution is 7.09. The van der Waals surface area contributed by atoms with Gasteiger partial charge in [-0.3, -0.25) is 4.79 Å². The van der Waals surface area contributed by atoms with Gasteiger partial charge in [0.2, 0.25) is 0 Å². The van der Waals surface area contributed by atoms with Crippen LogP contribution in [0.5, 0.6) is 0 Å². The van der Waals surface area contributed by atoms with Crippen molar-refractivity contribution in [3.63, 3.8) is 0 Å². The number of aromatic nitrogens is 1. The van der Waals surface area contributed by atoms with Crippen LogP contribution in [0.15, 0.2) is 5.38 Å². The van der Waals surface area contributed by atoms with Crippen LogP contribution in [0.2, 0.25) is 0 Å². The first-order valence-corrected chi connectivity index (χ1v) is 7.69. The molecule has 0 saturated heterocycles. The Morgan fingerprint density at radius 2 is 2.06 bits per heavy atom. The monoisotopic (exact) mass is 266 g/mol. The zero-order chi connectivity index (χ0) is 13.0. The van der Waals surface area contributed by atoms with Gasteiger partial charge in [0.15, 0.2) is 0 Å². The maximum atomic E-state index is 12.6. The Hall–Kier alpha value is -0.740. The number of hydrogen-bond donors (Lipinski definition) is 1. The number of hydrogen-bond acceptors (Lipinski definition) is 4. The van der Waals surface area contributed by atoms with E-state index in [1.165, 1.54) is 12.8 Å². The lowest BCUT2D eigenvalue weighted by Gasteiger charge is -2.29. The molecule has 100 valence electrons. The summed E-state index contributed by atoms with van der Waals surface area (Å²) in [6.07, 6.45) is 7.15. The second kappa shape index (κ2) is 5.93. The van der Waals surface area contributed by atoms with Crippen molar-refractivity contribution in [2.24, 2.45) is 11.1 Å². The molecule has 1 fully saturated rings. The summed E-state index contributed by atoms with van der Waals surface area (Å²) in [6, 6.07) is 0. The predicted molar refractivity (Wildman–Crippen MR) is 74.8 cm³/mol. The molecule has 1 aliphatic rings. The van der Waals surface area contributed by atoms with Crippen LogP contribution in [0, 0.1) is 12.3 Å². The summed E-state index contributed by atoms with van der Waals surface area (Å²) in [6.45, 7) is 2.47. The van der Waals surface area contributed by atoms with Gasteiger partial charge in [0, 0.05) is 17.3 Å². The molecule has 4 heteroatoms. The van der Waals surface area contributed by atoms with Crippen LogP contribution in [-0.2, 0) is 11.2 Å². The van der Waals surface area contributed by atoms with Crippen LogP contribution in [0.1, 0.15) is 49.2 Å². The summed E-state index contributed by atoms with van der Waals surface area (Å²) in [5.74, 6) is 0.303. The Morgan fingerprint density at radius 1 is 1.39 bits per heavy atom. The van der Waals surface area contributed by atoms with E-state index in [4.69, 9.17) is 5.73 Å². The summed E-state index contributed by atoms with van der Waals surface area (Å²) < 4.78 is 0. The van der Waals surface area contributed by atoms with Crippen molar-refractivity contribution in [3.8, 4) is 0 Å². The zero-order valence-corrected chi connectivity index (χ0v) is 11.9. The zero-order valence-electron chi connectivity index (χ0n) is 11.1. The summed E-state index contributed by atoms with van der Waals surface area (Å²) in [5, 5.41) is 3.02. The predicted octanol–water partition coefficient (Wildman–Crippen LogP) is 2.86. The molecule has 0 atom stereocenters. The molecule has 18 heavy (non-hydrogen) atoms. The van der Waals surface area contributed by atoms with E-state index in [0.29, 0.717) is 18.7 Å². The van der Waals surface area contributed by atoms with E-state index in [-0.39, 0.29) is 5.41 Å². The van der Waals surface area contributed by atoms with Gasteiger partial charge in [-0.1, -0.05) is 25.7 Å². The molecule has 2 N–H and O–H groups in total. The molecule has 0 amide bonds. The Labute approximate surface area is 113 Å². The highest BCUT2D eigenvalue weighted by Gasteiger charge is 2.36. The first-order chi connectivity index (χ1) is 8.66. The van der Waals surface area contributed by atoms with E-state index in [2.05, 4.69) is 4.98 Å². The van der Waals surface area contributed by atoms with Gasteiger partial charge in [-0.25, -0.2) is 4.98 Å². The Balaban J connectivity index is 2.08. The fourth-order valence-corrected chi connectivity index (χ4v) is 3.46. The SMILES string of the molecule is Cc1nc(CC(=O)C2(CN)CCCCCC2)cs1. The lowest BCUT2D eigenvalue weighted by Crippen LogP contribution is -2.39. The number of nitrogens with two attached hydrogens (primary N) is 1. The van der Waals surface area contributed by atoms with Crippen LogP contribution < -0.4 is 5.73 Å². The number of rotatable bonds is 4. The maximum absolute atomic E-state index is 12.6. The molecule has 1 saturated carbocycles. The topological polar surface area (TPSA) is 56.0 Å². The minimum absolute atomic E-state index is 0.270. The van der Waals surface area contributed by atoms with E-state index in [1.807, 2.05) is 12.3 Å². The normalized spacial score (nSPS) is 19.4. The number of carbonyl (C=O) groups excluding carboxylic acids is 1. The fraction of sp³-hybridized carbons (Fsp3) is 0.714. The quantitative estimate of drug-likeness (QED) is 0.853. The molecule has 0 aliphatic heterocycles. The van der Waals surface area contributed by atoms with Gasteiger partial charge < -0.3 is 5.73 Å². The number of thiazole rings is 1. The molecular weight excluding hydrogens is 244 g/mol. The molecule has 0 spiro atoms. The van der Waals surface area contributed by atoms with Crippen molar-refractivity contribution in [1.29, 1.82) is 0 Å². The molecule has 1 aromatic rings. The highest BCUT2D eigenvalue weighted by atomic mass is 32.1. The number of aryl methyl sites for hydroxylation is 1. The third-order valence-corrected chi connectivity index (χ3v) is 4.87.